The van der Waals surface area contributed by atoms with E-state index in [1.807, 2.05) is 0 Å². The van der Waals surface area contributed by atoms with Crippen molar-refractivity contribution in [1.82, 2.24) is 0 Å². The normalized spacial score (nSPS) is 7.78. The van der Waals surface area contributed by atoms with E-state index in [2.05, 4.69) is 5.14 Å². The maximum absolute atomic E-state index is 8.97. The summed E-state index contributed by atoms with van der Waals surface area (Å²) >= 11 is 0. The third kappa shape index (κ3) is 4460. The van der Waals surface area contributed by atoms with Crippen LogP contribution in [0.25, 0.3) is 0 Å². The van der Waals surface area contributed by atoms with Gasteiger partial charge in [0, 0.05) is 0 Å². The fraction of sp³-hybridized carbons (Fsp3) is 0. The van der Waals surface area contributed by atoms with Gasteiger partial charge in [-0.2, -0.15) is 8.42 Å². The average molecular weight is 166 g/mol. The van der Waals surface area contributed by atoms with Gasteiger partial charge in [0.25, 0.3) is 0 Å². The first-order valence-corrected chi connectivity index (χ1v) is 2.62. The van der Waals surface area contributed by atoms with E-state index in [0.29, 0.717) is 0 Å². The summed E-state index contributed by atoms with van der Waals surface area (Å²) in [6.07, 6.45) is 0. The molecule has 0 radical (unpaired) electrons. The molecule has 9 heteroatoms. The van der Waals surface area contributed by atoms with Crippen LogP contribution in [-0.4, -0.2) is 13.0 Å². The van der Waals surface area contributed by atoms with E-state index < -0.39 is 10.3 Å². The molecule has 3 N–H and O–H groups in total. The molecule has 0 saturated heterocycles. The predicted molar refractivity (Wildman–Crippen MR) is 24.9 cm³/mol. The minimum atomic E-state index is -4.17. The maximum atomic E-state index is 8.97. The van der Waals surface area contributed by atoms with Crippen LogP contribution in [0.5, 0.6) is 0 Å². The van der Waals surface area contributed by atoms with Gasteiger partial charge in [-0.25, -0.2) is 5.14 Å². The fourth-order valence-corrected chi connectivity index (χ4v) is 0. The second-order valence-corrected chi connectivity index (χ2v) is 1.62. The molecule has 0 aromatic heterocycles. The van der Waals surface area contributed by atoms with Crippen molar-refractivity contribution in [2.75, 3.05) is 0 Å². The number of hydrogen-bond donors (Lipinski definition) is 2. The van der Waals surface area contributed by atoms with Crippen LogP contribution in [0.4, 0.5) is 0 Å². The van der Waals surface area contributed by atoms with Crippen molar-refractivity contribution in [1.29, 1.82) is 0 Å². The molecule has 0 bridgehead atoms. The van der Waals surface area contributed by atoms with Crippen LogP contribution in [0.15, 0.2) is 5.34 Å². The molecule has 0 spiro atoms. The number of rotatable bonds is 0. The summed E-state index contributed by atoms with van der Waals surface area (Å²) in [5.74, 6) is 0. The number of hydrogen-bond acceptors (Lipinski definition) is 5. The predicted octanol–water partition coefficient (Wildman–Crippen LogP) is -4.00. The molecule has 0 heterocycles. The molecule has 0 unspecified atom stereocenters. The van der Waals surface area contributed by atoms with E-state index in [4.69, 9.17) is 23.1 Å². The number of nitrogens with zero attached hydrogens (tertiary/aromatic N) is 1. The molecule has 50 valence electrons. The molecule has 9 heavy (non-hydrogen) atoms. The first-order valence-electron chi connectivity index (χ1n) is 1.12. The summed E-state index contributed by atoms with van der Waals surface area (Å²) in [6, 6.07) is 0. The second kappa shape index (κ2) is 8.27. The van der Waals surface area contributed by atoms with Crippen molar-refractivity contribution < 1.29 is 42.5 Å². The molecule has 0 amide bonds. The van der Waals surface area contributed by atoms with Crippen molar-refractivity contribution in [3.05, 3.63) is 10.1 Å². The van der Waals surface area contributed by atoms with Crippen LogP contribution in [0.1, 0.15) is 0 Å². The van der Waals surface area contributed by atoms with Gasteiger partial charge in [-0.3, -0.25) is 4.55 Å². The SMILES string of the molecule is NS(=O)(=O)O.O=N[O-].[Na+]. The Balaban J connectivity index is -0.0000000800. The van der Waals surface area contributed by atoms with Crippen LogP contribution >= 0.6 is 0 Å². The van der Waals surface area contributed by atoms with E-state index in [1.54, 1.807) is 0 Å². The summed E-state index contributed by atoms with van der Waals surface area (Å²) in [5.41, 5.74) is 0. The standard InChI is InChI=1S/H3NO3S.HNO2.Na/c1-5(2,3)4;2-1-3;/h(H3,1,2,3,4);(H,2,3);/q;;+1/p-1. The zero-order chi connectivity index (χ0) is 7.21. The fourth-order valence-electron chi connectivity index (χ4n) is 0. The van der Waals surface area contributed by atoms with Gasteiger partial charge >= 0.3 is 39.9 Å². The molecule has 0 aromatic carbocycles. The Labute approximate surface area is 73.3 Å². The monoisotopic (exact) mass is 166 g/mol. The molecular formula is H3N2NaO5S. The molecule has 0 rings (SSSR count). The van der Waals surface area contributed by atoms with Crippen LogP contribution in [0.3, 0.4) is 0 Å². The molecule has 0 aromatic rings. The molecule has 0 atom stereocenters. The summed E-state index contributed by atoms with van der Waals surface area (Å²) in [7, 11) is -4.17. The van der Waals surface area contributed by atoms with E-state index in [-0.39, 0.29) is 29.6 Å². The average Bonchev–Trinajstić information content (AvgIpc) is 1.27. The molecule has 0 aliphatic heterocycles. The Hall–Kier alpha value is 0.270. The van der Waals surface area contributed by atoms with Crippen molar-refractivity contribution in [3.63, 3.8) is 0 Å². The van der Waals surface area contributed by atoms with Gasteiger partial charge in [0.1, 0.15) is 0 Å². The van der Waals surface area contributed by atoms with Crippen molar-refractivity contribution in [3.8, 4) is 0 Å². The van der Waals surface area contributed by atoms with Crippen LogP contribution in [0.2, 0.25) is 0 Å². The van der Waals surface area contributed by atoms with Crippen molar-refractivity contribution >= 4 is 10.3 Å². The Kier molecular flexibility index (Phi) is 14.8. The van der Waals surface area contributed by atoms with Gasteiger partial charge in [-0.05, 0) is 0 Å². The zero-order valence-electron chi connectivity index (χ0n) is 4.51. The largest absolute Gasteiger partial charge is 1.00 e. The van der Waals surface area contributed by atoms with E-state index in [1.165, 1.54) is 0 Å². The minimum Gasteiger partial charge on any atom is -0.444 e. The summed E-state index contributed by atoms with van der Waals surface area (Å²) in [6.45, 7) is 0. The minimum absolute atomic E-state index is 0. The zero-order valence-corrected chi connectivity index (χ0v) is 7.33. The first kappa shape index (κ1) is 16.1. The first-order chi connectivity index (χ1) is 3.41. The molecular weight excluding hydrogens is 163 g/mol. The van der Waals surface area contributed by atoms with E-state index >= 15 is 0 Å². The quantitative estimate of drug-likeness (QED) is 0.164. The molecule has 0 saturated carbocycles. The van der Waals surface area contributed by atoms with Gasteiger partial charge in [0.2, 0.25) is 0 Å². The van der Waals surface area contributed by atoms with E-state index in [0.717, 1.165) is 5.34 Å². The number of nitrogens with two attached hydrogens (primary N) is 1. The summed E-state index contributed by atoms with van der Waals surface area (Å²) in [5, 5.41) is 12.9. The molecule has 0 aliphatic carbocycles. The topological polar surface area (TPSA) is 133 Å². The Morgan fingerprint density at radius 1 is 1.56 bits per heavy atom. The van der Waals surface area contributed by atoms with Gasteiger partial charge in [-0.15, -0.1) is 5.34 Å². The van der Waals surface area contributed by atoms with Gasteiger partial charge in [-0.1, -0.05) is 0 Å². The van der Waals surface area contributed by atoms with Gasteiger partial charge in [0.05, 0.1) is 0 Å². The summed E-state index contributed by atoms with van der Waals surface area (Å²) < 4.78 is 25.2. The van der Waals surface area contributed by atoms with E-state index in [9.17, 15) is 0 Å². The van der Waals surface area contributed by atoms with Crippen molar-refractivity contribution in [2.45, 2.75) is 0 Å². The second-order valence-electron chi connectivity index (χ2n) is 0.590. The smallest absolute Gasteiger partial charge is 0.444 e. The third-order valence-corrected chi connectivity index (χ3v) is 0. The molecule has 0 aliphatic rings. The summed E-state index contributed by atoms with van der Waals surface area (Å²) in [4.78, 5) is 8.00. The molecule has 7 nitrogen and oxygen atoms in total. The van der Waals surface area contributed by atoms with Crippen LogP contribution < -0.4 is 34.7 Å². The van der Waals surface area contributed by atoms with Crippen LogP contribution in [-0.2, 0) is 10.3 Å². The van der Waals surface area contributed by atoms with Crippen LogP contribution in [0, 0.1) is 10.1 Å². The van der Waals surface area contributed by atoms with Gasteiger partial charge < -0.3 is 10.1 Å². The Morgan fingerprint density at radius 3 is 1.56 bits per heavy atom. The Morgan fingerprint density at radius 2 is 1.56 bits per heavy atom. The van der Waals surface area contributed by atoms with Crippen molar-refractivity contribution in [2.24, 2.45) is 10.5 Å². The maximum Gasteiger partial charge on any atom is 1.00 e. The van der Waals surface area contributed by atoms with Gasteiger partial charge in [0.15, 0.2) is 0 Å². The molecule has 0 fully saturated rings. The third-order valence-electron chi connectivity index (χ3n) is 0. The Bertz CT molecular complexity index is 129.